The number of sulfonamides is 1. The summed E-state index contributed by atoms with van der Waals surface area (Å²) in [5.41, 5.74) is 1.12. The van der Waals surface area contributed by atoms with Gasteiger partial charge in [0.25, 0.3) is 15.9 Å². The fourth-order valence-corrected chi connectivity index (χ4v) is 4.14. The summed E-state index contributed by atoms with van der Waals surface area (Å²) in [7, 11) is -3.75. The molecule has 1 heterocycles. The Balaban J connectivity index is 1.58. The van der Waals surface area contributed by atoms with E-state index in [1.807, 2.05) is 0 Å². The number of amides is 1. The van der Waals surface area contributed by atoms with Gasteiger partial charge >= 0.3 is 0 Å². The lowest BCUT2D eigenvalue weighted by molar-refractivity contribution is 0.0954. The molecule has 0 aliphatic carbocycles. The van der Waals surface area contributed by atoms with Gasteiger partial charge in [0.2, 0.25) is 0 Å². The largest absolute Gasteiger partial charge is 0.352 e. The maximum atomic E-state index is 13.1. The van der Waals surface area contributed by atoms with Gasteiger partial charge < -0.3 is 5.32 Å². The Morgan fingerprint density at radius 2 is 1.93 bits per heavy atom. The van der Waals surface area contributed by atoms with Crippen molar-refractivity contribution in [2.45, 2.75) is 11.3 Å². The number of carbonyl (C=O) groups excluding carboxylic acids is 1. The van der Waals surface area contributed by atoms with Gasteiger partial charge in [0.15, 0.2) is 5.13 Å². The lowest BCUT2D eigenvalue weighted by Gasteiger charge is -2.08. The van der Waals surface area contributed by atoms with Crippen LogP contribution >= 0.6 is 11.3 Å². The van der Waals surface area contributed by atoms with Gasteiger partial charge in [0.1, 0.15) is 5.82 Å². The van der Waals surface area contributed by atoms with Gasteiger partial charge in [-0.3, -0.25) is 9.52 Å². The SMILES string of the molecule is O=C(NCCc1cccc(F)c1)c1ccc(S(=O)(=O)Nc2nccs2)cc1. The summed E-state index contributed by atoms with van der Waals surface area (Å²) in [6.45, 7) is 0.341. The second-order valence-corrected chi connectivity index (χ2v) is 8.18. The summed E-state index contributed by atoms with van der Waals surface area (Å²) in [5, 5.41) is 4.66. The molecule has 3 rings (SSSR count). The second-order valence-electron chi connectivity index (χ2n) is 5.60. The molecule has 0 radical (unpaired) electrons. The van der Waals surface area contributed by atoms with Crippen LogP contribution in [-0.2, 0) is 16.4 Å². The molecule has 0 spiro atoms. The number of hydrogen-bond acceptors (Lipinski definition) is 5. The maximum Gasteiger partial charge on any atom is 0.263 e. The van der Waals surface area contributed by atoms with Gasteiger partial charge in [-0.05, 0) is 48.4 Å². The highest BCUT2D eigenvalue weighted by atomic mass is 32.2. The number of anilines is 1. The van der Waals surface area contributed by atoms with Crippen LogP contribution in [0.3, 0.4) is 0 Å². The zero-order valence-electron chi connectivity index (χ0n) is 14.1. The summed E-state index contributed by atoms with van der Waals surface area (Å²) in [6.07, 6.45) is 1.99. The zero-order valence-corrected chi connectivity index (χ0v) is 15.7. The third-order valence-corrected chi connectivity index (χ3v) is 5.84. The van der Waals surface area contributed by atoms with Crippen molar-refractivity contribution in [1.82, 2.24) is 10.3 Å². The summed E-state index contributed by atoms with van der Waals surface area (Å²) in [4.78, 5) is 16.1. The number of carbonyl (C=O) groups is 1. The van der Waals surface area contributed by atoms with Crippen LogP contribution < -0.4 is 10.0 Å². The highest BCUT2D eigenvalue weighted by molar-refractivity contribution is 7.93. The first-order valence-electron chi connectivity index (χ1n) is 7.99. The third kappa shape index (κ3) is 5.11. The van der Waals surface area contributed by atoms with Crippen LogP contribution in [0.2, 0.25) is 0 Å². The van der Waals surface area contributed by atoms with Crippen molar-refractivity contribution >= 4 is 32.4 Å². The smallest absolute Gasteiger partial charge is 0.263 e. The van der Waals surface area contributed by atoms with E-state index in [4.69, 9.17) is 0 Å². The van der Waals surface area contributed by atoms with Gasteiger partial charge in [-0.1, -0.05) is 12.1 Å². The molecule has 0 saturated heterocycles. The van der Waals surface area contributed by atoms with Crippen LogP contribution in [0.5, 0.6) is 0 Å². The van der Waals surface area contributed by atoms with Crippen molar-refractivity contribution in [3.05, 3.63) is 77.1 Å². The number of rotatable bonds is 7. The molecule has 140 valence electrons. The second kappa shape index (κ2) is 8.28. The Labute approximate surface area is 160 Å². The van der Waals surface area contributed by atoms with Crippen molar-refractivity contribution in [1.29, 1.82) is 0 Å². The van der Waals surface area contributed by atoms with Crippen molar-refractivity contribution < 1.29 is 17.6 Å². The molecule has 0 saturated carbocycles. The van der Waals surface area contributed by atoms with Crippen LogP contribution in [0.4, 0.5) is 9.52 Å². The highest BCUT2D eigenvalue weighted by Gasteiger charge is 2.16. The molecule has 0 bridgehead atoms. The van der Waals surface area contributed by atoms with Crippen LogP contribution in [0.1, 0.15) is 15.9 Å². The molecular formula is C18H16FN3O3S2. The van der Waals surface area contributed by atoms with E-state index in [2.05, 4.69) is 15.0 Å². The molecule has 2 N–H and O–H groups in total. The molecule has 0 fully saturated rings. The van der Waals surface area contributed by atoms with Gasteiger partial charge in [0.05, 0.1) is 4.90 Å². The van der Waals surface area contributed by atoms with Gasteiger partial charge in [-0.25, -0.2) is 17.8 Å². The number of aromatic nitrogens is 1. The molecule has 3 aromatic rings. The van der Waals surface area contributed by atoms with E-state index in [0.29, 0.717) is 18.5 Å². The maximum absolute atomic E-state index is 13.1. The Bertz CT molecular complexity index is 1020. The number of nitrogens with zero attached hydrogens (tertiary/aromatic N) is 1. The molecule has 0 aliphatic heterocycles. The summed E-state index contributed by atoms with van der Waals surface area (Å²) < 4.78 is 40.0. The average Bonchev–Trinajstić information content (AvgIpc) is 3.14. The molecule has 1 aromatic heterocycles. The number of benzene rings is 2. The Morgan fingerprint density at radius 3 is 2.59 bits per heavy atom. The minimum Gasteiger partial charge on any atom is -0.352 e. The fourth-order valence-electron chi connectivity index (χ4n) is 2.35. The monoisotopic (exact) mass is 405 g/mol. The predicted molar refractivity (Wildman–Crippen MR) is 102 cm³/mol. The van der Waals surface area contributed by atoms with Crippen LogP contribution in [0.25, 0.3) is 0 Å². The van der Waals surface area contributed by atoms with Gasteiger partial charge in [-0.2, -0.15) is 0 Å². The van der Waals surface area contributed by atoms with E-state index in [0.717, 1.165) is 5.56 Å². The first kappa shape index (κ1) is 19.0. The topological polar surface area (TPSA) is 88.2 Å². The first-order chi connectivity index (χ1) is 12.9. The first-order valence-corrected chi connectivity index (χ1v) is 10.4. The predicted octanol–water partition coefficient (Wildman–Crippen LogP) is 3.06. The van der Waals surface area contributed by atoms with Crippen molar-refractivity contribution in [2.24, 2.45) is 0 Å². The third-order valence-electron chi connectivity index (χ3n) is 3.67. The van der Waals surface area contributed by atoms with Crippen LogP contribution in [-0.4, -0.2) is 25.9 Å². The van der Waals surface area contributed by atoms with Crippen molar-refractivity contribution in [3.63, 3.8) is 0 Å². The normalized spacial score (nSPS) is 11.1. The zero-order chi connectivity index (χ0) is 19.3. The molecule has 0 unspecified atom stereocenters. The van der Waals surface area contributed by atoms with E-state index in [-0.39, 0.29) is 21.8 Å². The standard InChI is InChI=1S/C18H16FN3O3S2/c19-15-3-1-2-13(12-15)8-9-20-17(23)14-4-6-16(7-5-14)27(24,25)22-18-21-10-11-26-18/h1-7,10-12H,8-9H2,(H,20,23)(H,21,22). The van der Waals surface area contributed by atoms with E-state index in [9.17, 15) is 17.6 Å². The molecule has 0 aliphatic rings. The highest BCUT2D eigenvalue weighted by Crippen LogP contribution is 2.18. The Morgan fingerprint density at radius 1 is 1.15 bits per heavy atom. The molecular weight excluding hydrogens is 389 g/mol. The molecule has 6 nitrogen and oxygen atoms in total. The number of nitrogens with one attached hydrogen (secondary N) is 2. The molecule has 2 aromatic carbocycles. The Hall–Kier alpha value is -2.78. The minimum atomic E-state index is -3.75. The van der Waals surface area contributed by atoms with Gasteiger partial charge in [0, 0.05) is 23.7 Å². The number of hydrogen-bond donors (Lipinski definition) is 2. The lowest BCUT2D eigenvalue weighted by atomic mass is 10.1. The summed E-state index contributed by atoms with van der Waals surface area (Å²) in [5.74, 6) is -0.648. The molecule has 9 heteroatoms. The molecule has 27 heavy (non-hydrogen) atoms. The molecule has 1 amide bonds. The minimum absolute atomic E-state index is 0.0361. The van der Waals surface area contributed by atoms with Crippen molar-refractivity contribution in [3.8, 4) is 0 Å². The van der Waals surface area contributed by atoms with Crippen molar-refractivity contribution in [2.75, 3.05) is 11.3 Å². The average molecular weight is 405 g/mol. The van der Waals surface area contributed by atoms with E-state index >= 15 is 0 Å². The quantitative estimate of drug-likeness (QED) is 0.632. The fraction of sp³-hybridized carbons (Fsp3) is 0.111. The number of halogens is 1. The molecule has 0 atom stereocenters. The summed E-state index contributed by atoms with van der Waals surface area (Å²) in [6, 6.07) is 11.8. The summed E-state index contributed by atoms with van der Waals surface area (Å²) >= 11 is 1.17. The van der Waals surface area contributed by atoms with E-state index < -0.39 is 10.0 Å². The van der Waals surface area contributed by atoms with Crippen LogP contribution in [0.15, 0.2) is 65.0 Å². The Kier molecular flexibility index (Phi) is 5.82. The number of thiazole rings is 1. The van der Waals surface area contributed by atoms with Gasteiger partial charge in [-0.15, -0.1) is 11.3 Å². The van der Waals surface area contributed by atoms with E-state index in [1.165, 1.54) is 53.9 Å². The van der Waals surface area contributed by atoms with Crippen LogP contribution in [0, 0.1) is 5.82 Å². The lowest BCUT2D eigenvalue weighted by Crippen LogP contribution is -2.25. The van der Waals surface area contributed by atoms with E-state index in [1.54, 1.807) is 17.5 Å².